The number of nitrogens with zero attached hydrogens (tertiary/aromatic N) is 3. The van der Waals surface area contributed by atoms with Gasteiger partial charge in [0.2, 0.25) is 5.88 Å². The molecule has 5 rings (SSSR count). The molecule has 0 aromatic carbocycles. The minimum absolute atomic E-state index is 0.335. The minimum Gasteiger partial charge on any atom is -0.474 e. The van der Waals surface area contributed by atoms with Gasteiger partial charge in [-0.2, -0.15) is 0 Å². The van der Waals surface area contributed by atoms with Crippen LogP contribution in [0.25, 0.3) is 10.8 Å². The van der Waals surface area contributed by atoms with Gasteiger partial charge in [-0.15, -0.1) is 0 Å². The van der Waals surface area contributed by atoms with Gasteiger partial charge in [-0.25, -0.2) is 28.2 Å². The molecule has 1 aliphatic carbocycles. The molecule has 10 nitrogen and oxygen atoms in total. The van der Waals surface area contributed by atoms with E-state index in [1.165, 1.54) is 6.26 Å². The second-order valence-corrected chi connectivity index (χ2v) is 14.6. The van der Waals surface area contributed by atoms with Crippen LogP contribution in [0.5, 0.6) is 5.88 Å². The number of fused-ring (bicyclic) bond motifs is 2. The summed E-state index contributed by atoms with van der Waals surface area (Å²) in [4.78, 5) is 26.3. The molecule has 1 saturated carbocycles. The number of pyridine rings is 3. The number of esters is 1. The van der Waals surface area contributed by atoms with E-state index >= 15 is 0 Å². The summed E-state index contributed by atoms with van der Waals surface area (Å²) in [5.41, 5.74) is 7.67. The van der Waals surface area contributed by atoms with Crippen molar-refractivity contribution in [1.82, 2.24) is 15.0 Å². The maximum absolute atomic E-state index is 12.4. The largest absolute Gasteiger partial charge is 0.474 e. The predicted molar refractivity (Wildman–Crippen MR) is 154 cm³/mol. The van der Waals surface area contributed by atoms with E-state index < -0.39 is 26.2 Å². The maximum atomic E-state index is 12.4. The zero-order chi connectivity index (χ0) is 29.0. The molecule has 1 unspecified atom stereocenters. The molecular weight excluding hydrogens is 530 g/mol. The van der Waals surface area contributed by atoms with Crippen molar-refractivity contribution in [2.24, 2.45) is 11.7 Å². The number of nitrogens with one attached hydrogen (secondary N) is 1. The number of carbonyl (C=O) groups excluding carboxylic acids is 1. The zero-order valence-electron chi connectivity index (χ0n) is 23.8. The molecule has 0 radical (unpaired) electrons. The maximum Gasteiger partial charge on any atom is 0.340 e. The molecule has 0 amide bonds. The first-order valence-corrected chi connectivity index (χ1v) is 15.5. The number of nitrogens with two attached hydrogens (primary N) is 1. The van der Waals surface area contributed by atoms with E-state index in [-0.39, 0.29) is 12.1 Å². The van der Waals surface area contributed by atoms with Crippen LogP contribution in [0, 0.1) is 5.92 Å². The number of anilines is 2. The Hall–Kier alpha value is -3.31. The van der Waals surface area contributed by atoms with Crippen molar-refractivity contribution in [2.75, 3.05) is 11.6 Å². The van der Waals surface area contributed by atoms with Crippen LogP contribution in [-0.2, 0) is 26.5 Å². The fraction of sp³-hybridized carbons (Fsp3) is 0.517. The van der Waals surface area contributed by atoms with Gasteiger partial charge >= 0.3 is 5.97 Å². The molecule has 11 heteroatoms. The number of ether oxygens (including phenoxy) is 2. The van der Waals surface area contributed by atoms with E-state index in [2.05, 4.69) is 20.3 Å². The van der Waals surface area contributed by atoms with Gasteiger partial charge in [0.15, 0.2) is 0 Å². The lowest BCUT2D eigenvalue weighted by Gasteiger charge is -2.30. The number of aromatic nitrogens is 3. The number of hydrogen-bond donors (Lipinski definition) is 2. The molecule has 3 N–H and O–H groups in total. The van der Waals surface area contributed by atoms with E-state index in [1.807, 2.05) is 33.8 Å². The van der Waals surface area contributed by atoms with Gasteiger partial charge in [-0.1, -0.05) is 0 Å². The molecule has 3 atom stereocenters. The lowest BCUT2D eigenvalue weighted by molar-refractivity contribution is -0.00714. The first kappa shape index (κ1) is 28.2. The molecule has 2 aliphatic rings. The first-order valence-electron chi connectivity index (χ1n) is 13.6. The van der Waals surface area contributed by atoms with E-state index in [9.17, 15) is 13.2 Å². The van der Waals surface area contributed by atoms with Crippen LogP contribution in [0.4, 0.5) is 11.6 Å². The number of rotatable bonds is 9. The van der Waals surface area contributed by atoms with Crippen LogP contribution in [-0.4, -0.2) is 52.5 Å². The summed E-state index contributed by atoms with van der Waals surface area (Å²) >= 11 is 0. The van der Waals surface area contributed by atoms with E-state index in [0.717, 1.165) is 23.8 Å². The number of sulfone groups is 1. The van der Waals surface area contributed by atoms with Crippen molar-refractivity contribution >= 4 is 38.2 Å². The van der Waals surface area contributed by atoms with Gasteiger partial charge in [0, 0.05) is 37.0 Å². The third-order valence-corrected chi connectivity index (χ3v) is 9.52. The summed E-state index contributed by atoms with van der Waals surface area (Å²) in [5, 5.41) is 4.28. The standard InChI is InChI=1S/C29H37N5O5S/c1-16(11-17(2)40(6,36)37)38-26-21-14-31-25(12-20(21)22(15-32-26)29(5,30)18-7-8-18)34-24-10-9-19-23(33-24)13-28(3,4)39-27(19)35/h9-10,12,14-18H,7-8,11,13,30H2,1-6H3,(H,31,33,34)/t16-,17-,29?/m1/s1. The van der Waals surface area contributed by atoms with Crippen molar-refractivity contribution in [2.45, 2.75) is 82.8 Å². The van der Waals surface area contributed by atoms with Gasteiger partial charge in [0.25, 0.3) is 0 Å². The summed E-state index contributed by atoms with van der Waals surface area (Å²) < 4.78 is 35.5. The fourth-order valence-corrected chi connectivity index (χ4v) is 5.87. The number of cyclic esters (lactones) is 1. The van der Waals surface area contributed by atoms with Crippen LogP contribution in [0.2, 0.25) is 0 Å². The van der Waals surface area contributed by atoms with Crippen LogP contribution in [0.15, 0.2) is 30.6 Å². The Bertz CT molecular complexity index is 1580. The van der Waals surface area contributed by atoms with Gasteiger partial charge in [-0.3, -0.25) is 0 Å². The van der Waals surface area contributed by atoms with Crippen molar-refractivity contribution in [3.8, 4) is 5.88 Å². The third-order valence-electron chi connectivity index (χ3n) is 7.86. The smallest absolute Gasteiger partial charge is 0.340 e. The van der Waals surface area contributed by atoms with Crippen LogP contribution >= 0.6 is 0 Å². The van der Waals surface area contributed by atoms with Crippen molar-refractivity contribution < 1.29 is 22.7 Å². The Labute approximate surface area is 235 Å². The van der Waals surface area contributed by atoms with Crippen molar-refractivity contribution in [3.05, 3.63) is 47.4 Å². The summed E-state index contributed by atoms with van der Waals surface area (Å²) in [7, 11) is -3.18. The van der Waals surface area contributed by atoms with Gasteiger partial charge in [0.1, 0.15) is 27.1 Å². The molecule has 1 fully saturated rings. The summed E-state index contributed by atoms with van der Waals surface area (Å²) in [6.07, 6.45) is 7.26. The Morgan fingerprint density at radius 2 is 1.90 bits per heavy atom. The van der Waals surface area contributed by atoms with Crippen LogP contribution in [0.1, 0.15) is 75.5 Å². The third kappa shape index (κ3) is 5.76. The molecule has 0 bridgehead atoms. The van der Waals surface area contributed by atoms with Crippen LogP contribution in [0.3, 0.4) is 0 Å². The molecule has 4 heterocycles. The highest BCUT2D eigenvalue weighted by Crippen LogP contribution is 2.46. The Morgan fingerprint density at radius 1 is 1.18 bits per heavy atom. The SMILES string of the molecule is C[C@H](C[C@@H](C)S(C)(=O)=O)Oc1ncc(C(C)(N)C2CC2)c2cc(Nc3ccc4c(n3)CC(C)(C)OC4=O)ncc12. The molecule has 0 saturated heterocycles. The summed E-state index contributed by atoms with van der Waals surface area (Å²) in [6, 6.07) is 5.36. The second-order valence-electron chi connectivity index (χ2n) is 12.1. The van der Waals surface area contributed by atoms with E-state index in [0.29, 0.717) is 52.9 Å². The average molecular weight is 568 g/mol. The highest BCUT2D eigenvalue weighted by atomic mass is 32.2. The molecular formula is C29H37N5O5S. The summed E-state index contributed by atoms with van der Waals surface area (Å²) in [6.45, 7) is 9.27. The molecule has 40 heavy (non-hydrogen) atoms. The van der Waals surface area contributed by atoms with Gasteiger partial charge < -0.3 is 20.5 Å². The summed E-state index contributed by atoms with van der Waals surface area (Å²) in [5.74, 6) is 1.48. The topological polar surface area (TPSA) is 146 Å². The molecule has 3 aromatic rings. The molecule has 0 spiro atoms. The quantitative estimate of drug-likeness (QED) is 0.356. The molecule has 3 aromatic heterocycles. The first-order chi connectivity index (χ1) is 18.6. The monoisotopic (exact) mass is 567 g/mol. The zero-order valence-corrected chi connectivity index (χ0v) is 24.6. The van der Waals surface area contributed by atoms with Gasteiger partial charge in [-0.05, 0) is 82.5 Å². The Balaban J connectivity index is 1.49. The van der Waals surface area contributed by atoms with Gasteiger partial charge in [0.05, 0.1) is 28.0 Å². The average Bonchev–Trinajstić information content (AvgIpc) is 3.68. The molecule has 1 aliphatic heterocycles. The second kappa shape index (κ2) is 9.95. The van der Waals surface area contributed by atoms with Crippen LogP contribution < -0.4 is 15.8 Å². The lowest BCUT2D eigenvalue weighted by atomic mass is 9.86. The minimum atomic E-state index is -3.18. The van der Waals surface area contributed by atoms with E-state index in [4.69, 9.17) is 15.2 Å². The Kier molecular flexibility index (Phi) is 7.02. The highest BCUT2D eigenvalue weighted by Gasteiger charge is 2.41. The van der Waals surface area contributed by atoms with Crippen molar-refractivity contribution in [1.29, 1.82) is 0 Å². The highest BCUT2D eigenvalue weighted by molar-refractivity contribution is 7.91. The fourth-order valence-electron chi connectivity index (χ4n) is 5.25. The normalized spacial score (nSPS) is 19.7. The number of carbonyl (C=O) groups is 1. The Morgan fingerprint density at radius 3 is 2.58 bits per heavy atom. The van der Waals surface area contributed by atoms with Crippen molar-refractivity contribution in [3.63, 3.8) is 0 Å². The van der Waals surface area contributed by atoms with E-state index in [1.54, 1.807) is 31.5 Å². The number of hydrogen-bond acceptors (Lipinski definition) is 10. The molecule has 214 valence electrons. The predicted octanol–water partition coefficient (Wildman–Crippen LogP) is 4.43. The lowest BCUT2D eigenvalue weighted by Crippen LogP contribution is -2.36.